The number of hydrogen-bond acceptors (Lipinski definition) is 5. The molecule has 1 aliphatic rings. The van der Waals surface area contributed by atoms with Gasteiger partial charge in [0.1, 0.15) is 5.01 Å². The maximum atomic E-state index is 12.3. The molecule has 1 aromatic heterocycles. The summed E-state index contributed by atoms with van der Waals surface area (Å²) in [6, 6.07) is 0.172. The summed E-state index contributed by atoms with van der Waals surface area (Å²) in [5.41, 5.74) is 0. The number of methoxy groups -OCH3 is 1. The van der Waals surface area contributed by atoms with Gasteiger partial charge < -0.3 is 15.0 Å². The first-order chi connectivity index (χ1) is 9.33. The number of aromatic nitrogens is 1. The fourth-order valence-electron chi connectivity index (χ4n) is 2.36. The lowest BCUT2D eigenvalue weighted by Gasteiger charge is -2.34. The lowest BCUT2D eigenvalue weighted by Crippen LogP contribution is -2.43. The molecule has 2 rings (SSSR count). The van der Waals surface area contributed by atoms with Crippen molar-refractivity contribution in [2.45, 2.75) is 25.3 Å². The Balaban J connectivity index is 1.90. The molecule has 1 atom stereocenters. The van der Waals surface area contributed by atoms with Crippen LogP contribution in [0.3, 0.4) is 0 Å². The molecule has 0 aliphatic carbocycles. The van der Waals surface area contributed by atoms with E-state index in [1.165, 1.54) is 6.42 Å². The van der Waals surface area contributed by atoms with E-state index in [-0.39, 0.29) is 11.9 Å². The van der Waals surface area contributed by atoms with Crippen LogP contribution in [-0.4, -0.2) is 49.1 Å². The van der Waals surface area contributed by atoms with Gasteiger partial charge in [-0.25, -0.2) is 4.98 Å². The van der Waals surface area contributed by atoms with Gasteiger partial charge in [0.25, 0.3) is 0 Å². The van der Waals surface area contributed by atoms with Gasteiger partial charge in [0, 0.05) is 31.8 Å². The van der Waals surface area contributed by atoms with Gasteiger partial charge >= 0.3 is 0 Å². The second-order valence-electron chi connectivity index (χ2n) is 4.64. The molecule has 2 heterocycles. The molecule has 106 valence electrons. The lowest BCUT2D eigenvalue weighted by molar-refractivity contribution is -0.134. The number of nitrogens with zero attached hydrogens (tertiary/aromatic N) is 2. The highest BCUT2D eigenvalue weighted by atomic mass is 32.1. The van der Waals surface area contributed by atoms with Crippen molar-refractivity contribution in [1.82, 2.24) is 15.2 Å². The van der Waals surface area contributed by atoms with Crippen LogP contribution in [0.2, 0.25) is 0 Å². The SMILES string of the molecule is COCCNCC(=O)N1CCCCC1c1nccs1. The Morgan fingerprint density at radius 3 is 3.26 bits per heavy atom. The van der Waals surface area contributed by atoms with Gasteiger partial charge in [-0.2, -0.15) is 0 Å². The summed E-state index contributed by atoms with van der Waals surface area (Å²) in [7, 11) is 1.66. The number of thiazole rings is 1. The largest absolute Gasteiger partial charge is 0.383 e. The van der Waals surface area contributed by atoms with Crippen molar-refractivity contribution >= 4 is 17.2 Å². The summed E-state index contributed by atoms with van der Waals surface area (Å²) in [4.78, 5) is 18.6. The predicted molar refractivity (Wildman–Crippen MR) is 75.2 cm³/mol. The van der Waals surface area contributed by atoms with E-state index >= 15 is 0 Å². The zero-order valence-corrected chi connectivity index (χ0v) is 12.1. The molecule has 5 nitrogen and oxygen atoms in total. The number of likely N-dealkylation sites (tertiary alicyclic amines) is 1. The first-order valence-electron chi connectivity index (χ1n) is 6.71. The third kappa shape index (κ3) is 3.99. The monoisotopic (exact) mass is 283 g/mol. The Morgan fingerprint density at radius 1 is 1.63 bits per heavy atom. The number of carbonyl (C=O) groups is 1. The van der Waals surface area contributed by atoms with Crippen LogP contribution in [0.25, 0.3) is 0 Å². The zero-order valence-electron chi connectivity index (χ0n) is 11.3. The number of rotatable bonds is 6. The van der Waals surface area contributed by atoms with Gasteiger partial charge in [-0.05, 0) is 19.3 Å². The van der Waals surface area contributed by atoms with E-state index in [0.29, 0.717) is 19.7 Å². The van der Waals surface area contributed by atoms with Crippen molar-refractivity contribution in [3.8, 4) is 0 Å². The minimum Gasteiger partial charge on any atom is -0.383 e. The fraction of sp³-hybridized carbons (Fsp3) is 0.692. The van der Waals surface area contributed by atoms with Gasteiger partial charge in [0.15, 0.2) is 0 Å². The van der Waals surface area contributed by atoms with Crippen molar-refractivity contribution < 1.29 is 9.53 Å². The lowest BCUT2D eigenvalue weighted by atomic mass is 10.0. The van der Waals surface area contributed by atoms with Gasteiger partial charge in [0.05, 0.1) is 19.2 Å². The number of hydrogen-bond donors (Lipinski definition) is 1. The highest BCUT2D eigenvalue weighted by Crippen LogP contribution is 2.31. The topological polar surface area (TPSA) is 54.5 Å². The van der Waals surface area contributed by atoms with Crippen LogP contribution >= 0.6 is 11.3 Å². The molecule has 1 unspecified atom stereocenters. The van der Waals surface area contributed by atoms with Crippen molar-refractivity contribution in [2.24, 2.45) is 0 Å². The van der Waals surface area contributed by atoms with E-state index in [2.05, 4.69) is 10.3 Å². The van der Waals surface area contributed by atoms with Gasteiger partial charge in [0.2, 0.25) is 5.91 Å². The van der Waals surface area contributed by atoms with Crippen molar-refractivity contribution in [2.75, 3.05) is 33.4 Å². The van der Waals surface area contributed by atoms with E-state index < -0.39 is 0 Å². The minimum absolute atomic E-state index is 0.163. The Labute approximate surface area is 118 Å². The average molecular weight is 283 g/mol. The van der Waals surface area contributed by atoms with Crippen molar-refractivity contribution in [1.29, 1.82) is 0 Å². The predicted octanol–water partition coefficient (Wildman–Crippen LogP) is 1.43. The summed E-state index contributed by atoms with van der Waals surface area (Å²) >= 11 is 1.64. The maximum Gasteiger partial charge on any atom is 0.237 e. The van der Waals surface area contributed by atoms with Crippen LogP contribution < -0.4 is 5.32 Å². The molecule has 19 heavy (non-hydrogen) atoms. The average Bonchev–Trinajstić information content (AvgIpc) is 2.97. The standard InChI is InChI=1S/C13H21N3O2S/c1-18-8-5-14-10-12(17)16-7-3-2-4-11(16)13-15-6-9-19-13/h6,9,11,14H,2-5,7-8,10H2,1H3. The summed E-state index contributed by atoms with van der Waals surface area (Å²) < 4.78 is 4.95. The van der Waals surface area contributed by atoms with Crippen LogP contribution in [0, 0.1) is 0 Å². The molecule has 0 bridgehead atoms. The second-order valence-corrected chi connectivity index (χ2v) is 5.56. The van der Waals surface area contributed by atoms with E-state index in [9.17, 15) is 4.79 Å². The van der Waals surface area contributed by atoms with Crippen LogP contribution in [0.4, 0.5) is 0 Å². The number of amides is 1. The first-order valence-corrected chi connectivity index (χ1v) is 7.59. The summed E-state index contributed by atoms with van der Waals surface area (Å²) in [6.45, 7) is 2.56. The summed E-state index contributed by atoms with van der Waals surface area (Å²) in [5, 5.41) is 6.15. The van der Waals surface area contributed by atoms with E-state index in [1.807, 2.05) is 16.5 Å². The first kappa shape index (κ1) is 14.4. The fourth-order valence-corrected chi connectivity index (χ4v) is 3.14. The molecular weight excluding hydrogens is 262 g/mol. The number of piperidine rings is 1. The van der Waals surface area contributed by atoms with E-state index in [4.69, 9.17) is 4.74 Å². The molecule has 0 aromatic carbocycles. The van der Waals surface area contributed by atoms with Gasteiger partial charge in [-0.1, -0.05) is 0 Å². The molecule has 0 radical (unpaired) electrons. The normalized spacial score (nSPS) is 19.6. The van der Waals surface area contributed by atoms with Crippen molar-refractivity contribution in [3.63, 3.8) is 0 Å². The molecule has 1 aliphatic heterocycles. The highest BCUT2D eigenvalue weighted by Gasteiger charge is 2.29. The minimum atomic E-state index is 0.163. The molecule has 0 saturated carbocycles. The number of nitrogens with one attached hydrogen (secondary N) is 1. The molecule has 6 heteroatoms. The highest BCUT2D eigenvalue weighted by molar-refractivity contribution is 7.09. The quantitative estimate of drug-likeness (QED) is 0.803. The summed E-state index contributed by atoms with van der Waals surface area (Å²) in [6.07, 6.45) is 5.10. The van der Waals surface area contributed by atoms with Crippen molar-refractivity contribution in [3.05, 3.63) is 16.6 Å². The molecule has 1 fully saturated rings. The Bertz CT molecular complexity index is 383. The molecule has 0 spiro atoms. The van der Waals surface area contributed by atoms with Crippen LogP contribution in [0.15, 0.2) is 11.6 Å². The molecular formula is C13H21N3O2S. The molecule has 1 aromatic rings. The second kappa shape index (κ2) is 7.57. The third-order valence-electron chi connectivity index (χ3n) is 3.32. The van der Waals surface area contributed by atoms with Crippen LogP contribution in [0.1, 0.15) is 30.3 Å². The molecule has 1 N–H and O–H groups in total. The third-order valence-corrected chi connectivity index (χ3v) is 4.20. The number of carbonyl (C=O) groups excluding carboxylic acids is 1. The smallest absolute Gasteiger partial charge is 0.237 e. The zero-order chi connectivity index (χ0) is 13.5. The molecule has 1 saturated heterocycles. The van der Waals surface area contributed by atoms with Gasteiger partial charge in [-0.3, -0.25) is 4.79 Å². The Hall–Kier alpha value is -0.980. The number of ether oxygens (including phenoxy) is 1. The molecule has 1 amide bonds. The van der Waals surface area contributed by atoms with E-state index in [1.54, 1.807) is 18.4 Å². The Morgan fingerprint density at radius 2 is 2.53 bits per heavy atom. The van der Waals surface area contributed by atoms with E-state index in [0.717, 1.165) is 24.4 Å². The Kier molecular flexibility index (Phi) is 5.75. The van der Waals surface area contributed by atoms with Crippen LogP contribution in [-0.2, 0) is 9.53 Å². The van der Waals surface area contributed by atoms with Gasteiger partial charge in [-0.15, -0.1) is 11.3 Å². The van der Waals surface area contributed by atoms with Crippen LogP contribution in [0.5, 0.6) is 0 Å². The summed E-state index contributed by atoms with van der Waals surface area (Å²) in [5.74, 6) is 0.163. The maximum absolute atomic E-state index is 12.3.